The molecule has 0 unspecified atom stereocenters. The molecule has 0 saturated carbocycles. The normalized spacial score (nSPS) is 14.5. The number of carbonyl (C=O) groups excluding carboxylic acids is 1. The van der Waals surface area contributed by atoms with Crippen molar-refractivity contribution in [3.63, 3.8) is 0 Å². The molecule has 2 aromatic rings. The van der Waals surface area contributed by atoms with Gasteiger partial charge in [0.15, 0.2) is 11.0 Å². The van der Waals surface area contributed by atoms with Crippen molar-refractivity contribution < 1.29 is 9.32 Å². The number of hydrogen-bond acceptors (Lipinski definition) is 5. The molecule has 0 radical (unpaired) electrons. The fourth-order valence-corrected chi connectivity index (χ4v) is 3.34. The lowest BCUT2D eigenvalue weighted by Gasteiger charge is -2.16. The van der Waals surface area contributed by atoms with Crippen LogP contribution >= 0.6 is 11.8 Å². The Morgan fingerprint density at radius 2 is 2.09 bits per heavy atom. The molecule has 0 aromatic carbocycles. The van der Waals surface area contributed by atoms with E-state index < -0.39 is 0 Å². The van der Waals surface area contributed by atoms with Crippen molar-refractivity contribution >= 4 is 22.8 Å². The third kappa shape index (κ3) is 2.35. The van der Waals surface area contributed by atoms with E-state index in [1.807, 2.05) is 43.7 Å². The molecule has 0 aliphatic carbocycles. The van der Waals surface area contributed by atoms with Gasteiger partial charge in [0.05, 0.1) is 12.1 Å². The van der Waals surface area contributed by atoms with E-state index in [0.717, 1.165) is 22.3 Å². The van der Waals surface area contributed by atoms with Crippen molar-refractivity contribution in [2.24, 2.45) is 4.99 Å². The Labute approximate surface area is 133 Å². The van der Waals surface area contributed by atoms with E-state index in [1.165, 1.54) is 11.8 Å². The molecule has 0 N–H and O–H groups in total. The lowest BCUT2D eigenvalue weighted by Crippen LogP contribution is -2.32. The predicted octanol–water partition coefficient (Wildman–Crippen LogP) is 2.57. The van der Waals surface area contributed by atoms with Gasteiger partial charge in [-0.15, -0.1) is 0 Å². The number of aliphatic imine (C=N–C) groups is 1. The second kappa shape index (κ2) is 5.64. The average Bonchev–Trinajstić information content (AvgIpc) is 3.18. The zero-order chi connectivity index (χ0) is 15.9. The van der Waals surface area contributed by atoms with Gasteiger partial charge >= 0.3 is 0 Å². The second-order valence-corrected chi connectivity index (χ2v) is 6.01. The van der Waals surface area contributed by atoms with E-state index in [4.69, 9.17) is 4.52 Å². The van der Waals surface area contributed by atoms with Crippen LogP contribution in [0.1, 0.15) is 27.5 Å². The molecule has 0 fully saturated rings. The Morgan fingerprint density at radius 1 is 1.32 bits per heavy atom. The van der Waals surface area contributed by atoms with Gasteiger partial charge in [-0.3, -0.25) is 19.3 Å². The summed E-state index contributed by atoms with van der Waals surface area (Å²) in [6, 6.07) is 3.76. The van der Waals surface area contributed by atoms with E-state index in [-0.39, 0.29) is 5.91 Å². The second-order valence-electron chi connectivity index (χ2n) is 5.24. The molecule has 0 spiro atoms. The van der Waals surface area contributed by atoms with Crippen molar-refractivity contribution in [2.45, 2.75) is 20.8 Å². The highest BCUT2D eigenvalue weighted by Gasteiger charge is 2.27. The highest BCUT2D eigenvalue weighted by atomic mass is 32.2. The first-order valence-corrected chi connectivity index (χ1v) is 8.28. The predicted molar refractivity (Wildman–Crippen MR) is 86.9 cm³/mol. The zero-order valence-corrected chi connectivity index (χ0v) is 13.9. The Bertz CT molecular complexity index is 760. The molecule has 6 nitrogen and oxygen atoms in total. The van der Waals surface area contributed by atoms with Gasteiger partial charge in [-0.05, 0) is 33.1 Å². The Kier molecular flexibility index (Phi) is 3.82. The molecule has 22 heavy (non-hydrogen) atoms. The molecule has 1 aliphatic heterocycles. The summed E-state index contributed by atoms with van der Waals surface area (Å²) in [5, 5.41) is 4.83. The lowest BCUT2D eigenvalue weighted by atomic mass is 10.2. The Morgan fingerprint density at radius 3 is 2.73 bits per heavy atom. The molecule has 1 amide bonds. The quantitative estimate of drug-likeness (QED) is 0.853. The van der Waals surface area contributed by atoms with Crippen LogP contribution in [0.5, 0.6) is 0 Å². The summed E-state index contributed by atoms with van der Waals surface area (Å²) in [6.07, 6.45) is 1.94. The first-order chi connectivity index (χ1) is 10.5. The Balaban J connectivity index is 1.99. The number of amides is 1. The summed E-state index contributed by atoms with van der Waals surface area (Å²) in [5.41, 5.74) is 2.50. The molecular weight excluding hydrogens is 300 g/mol. The van der Waals surface area contributed by atoms with Gasteiger partial charge in [0, 0.05) is 24.0 Å². The third-order valence-electron chi connectivity index (χ3n) is 3.74. The van der Waals surface area contributed by atoms with Gasteiger partial charge in [-0.1, -0.05) is 16.9 Å². The van der Waals surface area contributed by atoms with Crippen molar-refractivity contribution in [1.82, 2.24) is 14.6 Å². The zero-order valence-electron chi connectivity index (χ0n) is 13.1. The van der Waals surface area contributed by atoms with Crippen LogP contribution in [-0.2, 0) is 0 Å². The summed E-state index contributed by atoms with van der Waals surface area (Å²) < 4.78 is 7.08. The van der Waals surface area contributed by atoms with Gasteiger partial charge < -0.3 is 4.52 Å². The van der Waals surface area contributed by atoms with Crippen LogP contribution < -0.4 is 0 Å². The molecule has 3 rings (SSSR count). The standard InChI is InChI=1S/C15H18N4O2S/c1-9-7-12(14(20)18-6-5-16-15(18)22-4)11(3)19(9)13-8-10(2)21-17-13/h7-8H,5-6H2,1-4H3. The molecule has 0 saturated heterocycles. The minimum absolute atomic E-state index is 0.00910. The van der Waals surface area contributed by atoms with Crippen LogP contribution in [0, 0.1) is 20.8 Å². The number of nitrogens with zero attached hydrogens (tertiary/aromatic N) is 4. The van der Waals surface area contributed by atoms with Gasteiger partial charge in [0.2, 0.25) is 0 Å². The minimum Gasteiger partial charge on any atom is -0.360 e. The molecular formula is C15H18N4O2S. The summed E-state index contributed by atoms with van der Waals surface area (Å²) in [4.78, 5) is 18.9. The number of rotatable bonds is 2. The molecule has 2 aromatic heterocycles. The monoisotopic (exact) mass is 318 g/mol. The van der Waals surface area contributed by atoms with E-state index in [0.29, 0.717) is 24.5 Å². The number of amidine groups is 1. The van der Waals surface area contributed by atoms with Crippen LogP contribution in [0.25, 0.3) is 5.82 Å². The van der Waals surface area contributed by atoms with Crippen molar-refractivity contribution in [3.8, 4) is 5.82 Å². The third-order valence-corrected chi connectivity index (χ3v) is 4.45. The fraction of sp³-hybridized carbons (Fsp3) is 0.400. The molecule has 0 bridgehead atoms. The maximum atomic E-state index is 12.8. The van der Waals surface area contributed by atoms with Gasteiger partial charge in [0.25, 0.3) is 5.91 Å². The van der Waals surface area contributed by atoms with Crippen LogP contribution in [-0.4, -0.2) is 45.0 Å². The van der Waals surface area contributed by atoms with Crippen LogP contribution in [0.4, 0.5) is 0 Å². The highest BCUT2D eigenvalue weighted by Crippen LogP contribution is 2.24. The van der Waals surface area contributed by atoms with Crippen LogP contribution in [0.2, 0.25) is 0 Å². The number of aryl methyl sites for hydroxylation is 2. The average molecular weight is 318 g/mol. The minimum atomic E-state index is -0.00910. The van der Waals surface area contributed by atoms with E-state index >= 15 is 0 Å². The van der Waals surface area contributed by atoms with Crippen molar-refractivity contribution in [2.75, 3.05) is 19.3 Å². The number of aromatic nitrogens is 2. The Hall–Kier alpha value is -2.02. The topological polar surface area (TPSA) is 63.6 Å². The summed E-state index contributed by atoms with van der Waals surface area (Å²) in [5.74, 6) is 1.43. The number of hydrogen-bond donors (Lipinski definition) is 0. The first-order valence-electron chi connectivity index (χ1n) is 7.06. The van der Waals surface area contributed by atoms with Gasteiger partial charge in [0.1, 0.15) is 5.76 Å². The molecule has 1 aliphatic rings. The van der Waals surface area contributed by atoms with E-state index in [1.54, 1.807) is 4.90 Å². The summed E-state index contributed by atoms with van der Waals surface area (Å²) in [6.45, 7) is 7.05. The highest BCUT2D eigenvalue weighted by molar-refractivity contribution is 8.13. The number of thioether (sulfide) groups is 1. The summed E-state index contributed by atoms with van der Waals surface area (Å²) in [7, 11) is 0. The van der Waals surface area contributed by atoms with Crippen LogP contribution in [0.15, 0.2) is 21.6 Å². The SMILES string of the molecule is CSC1=NCCN1C(=O)c1cc(C)n(-c2cc(C)on2)c1C. The number of carbonyl (C=O) groups is 1. The summed E-state index contributed by atoms with van der Waals surface area (Å²) >= 11 is 1.50. The maximum Gasteiger partial charge on any atom is 0.261 e. The first kappa shape index (κ1) is 14.9. The maximum absolute atomic E-state index is 12.8. The lowest BCUT2D eigenvalue weighted by molar-refractivity contribution is 0.0860. The van der Waals surface area contributed by atoms with E-state index in [9.17, 15) is 4.79 Å². The fourth-order valence-electron chi connectivity index (χ4n) is 2.73. The smallest absolute Gasteiger partial charge is 0.261 e. The van der Waals surface area contributed by atoms with Crippen molar-refractivity contribution in [1.29, 1.82) is 0 Å². The molecule has 116 valence electrons. The largest absolute Gasteiger partial charge is 0.360 e. The molecule has 3 heterocycles. The molecule has 0 atom stereocenters. The molecule has 7 heteroatoms. The van der Waals surface area contributed by atoms with Gasteiger partial charge in [-0.2, -0.15) is 0 Å². The van der Waals surface area contributed by atoms with Crippen LogP contribution in [0.3, 0.4) is 0 Å². The van der Waals surface area contributed by atoms with Gasteiger partial charge in [-0.25, -0.2) is 0 Å². The van der Waals surface area contributed by atoms with Crippen molar-refractivity contribution in [3.05, 3.63) is 34.8 Å². The van der Waals surface area contributed by atoms with E-state index in [2.05, 4.69) is 10.1 Å².